The summed E-state index contributed by atoms with van der Waals surface area (Å²) in [6.07, 6.45) is 0.773. The summed E-state index contributed by atoms with van der Waals surface area (Å²) in [5.74, 6) is 0.240. The van der Waals surface area contributed by atoms with Crippen molar-refractivity contribution in [2.45, 2.75) is 13.3 Å². The number of aromatic nitrogens is 1. The fourth-order valence-electron chi connectivity index (χ4n) is 2.16. The minimum Gasteiger partial charge on any atom is -0.422 e. The van der Waals surface area contributed by atoms with Crippen LogP contribution in [0.5, 0.6) is 0 Å². The van der Waals surface area contributed by atoms with Crippen LogP contribution in [0.15, 0.2) is 39.5 Å². The number of nitrogen functional groups attached to an aromatic ring is 1. The molecule has 0 spiro atoms. The number of hydrogen-bond acceptors (Lipinski definition) is 4. The number of fused-ring (bicyclic) bond motifs is 3. The number of pyridine rings is 1. The summed E-state index contributed by atoms with van der Waals surface area (Å²) in [5.41, 5.74) is 6.86. The zero-order valence-electron chi connectivity index (χ0n) is 9.93. The molecule has 0 fully saturated rings. The molecule has 0 amide bonds. The topological polar surface area (TPSA) is 69.1 Å². The molecule has 90 valence electrons. The van der Waals surface area contributed by atoms with Gasteiger partial charge in [0, 0.05) is 16.5 Å². The standard InChI is InChI=1S/C14H12N2O2/c1-2-8-7-10-9-5-3-4-6-11(9)18-14(17)12(10)13(15)16-8/h3-7H,2H2,1H3,(H2,15,16). The minimum atomic E-state index is -0.434. The summed E-state index contributed by atoms with van der Waals surface area (Å²) >= 11 is 0. The molecule has 2 aromatic heterocycles. The number of anilines is 1. The molecular formula is C14H12N2O2. The molecule has 4 heteroatoms. The van der Waals surface area contributed by atoms with Gasteiger partial charge in [-0.1, -0.05) is 25.1 Å². The van der Waals surface area contributed by atoms with Gasteiger partial charge in [-0.15, -0.1) is 0 Å². The SMILES string of the molecule is CCc1cc2c(c(N)n1)c(=O)oc1ccccc12. The Morgan fingerprint density at radius 3 is 2.83 bits per heavy atom. The first-order valence-electron chi connectivity index (χ1n) is 5.81. The second kappa shape index (κ2) is 3.84. The summed E-state index contributed by atoms with van der Waals surface area (Å²) in [6, 6.07) is 9.34. The van der Waals surface area contributed by atoms with Gasteiger partial charge in [-0.05, 0) is 18.6 Å². The molecule has 0 radical (unpaired) electrons. The Kier molecular flexibility index (Phi) is 2.30. The van der Waals surface area contributed by atoms with Gasteiger partial charge in [0.1, 0.15) is 16.8 Å². The summed E-state index contributed by atoms with van der Waals surface area (Å²) < 4.78 is 5.25. The first kappa shape index (κ1) is 10.8. The van der Waals surface area contributed by atoms with E-state index < -0.39 is 5.63 Å². The van der Waals surface area contributed by atoms with E-state index in [-0.39, 0.29) is 5.82 Å². The zero-order chi connectivity index (χ0) is 12.7. The number of benzene rings is 1. The van der Waals surface area contributed by atoms with Gasteiger partial charge in [-0.25, -0.2) is 9.78 Å². The molecule has 0 aliphatic heterocycles. The molecule has 2 heterocycles. The van der Waals surface area contributed by atoms with E-state index in [1.54, 1.807) is 6.07 Å². The Hall–Kier alpha value is -2.36. The van der Waals surface area contributed by atoms with Crippen molar-refractivity contribution in [1.82, 2.24) is 4.98 Å². The molecule has 3 aromatic rings. The van der Waals surface area contributed by atoms with Crippen LogP contribution < -0.4 is 11.4 Å². The molecule has 0 bridgehead atoms. The van der Waals surface area contributed by atoms with E-state index in [2.05, 4.69) is 4.98 Å². The second-order valence-electron chi connectivity index (χ2n) is 4.16. The monoisotopic (exact) mass is 240 g/mol. The summed E-state index contributed by atoms with van der Waals surface area (Å²) in [7, 11) is 0. The molecule has 0 saturated carbocycles. The third-order valence-electron chi connectivity index (χ3n) is 3.05. The predicted molar refractivity (Wildman–Crippen MR) is 71.6 cm³/mol. The van der Waals surface area contributed by atoms with Gasteiger partial charge in [0.05, 0.1) is 0 Å². The first-order valence-corrected chi connectivity index (χ1v) is 5.81. The normalized spacial score (nSPS) is 11.2. The van der Waals surface area contributed by atoms with Gasteiger partial charge in [0.25, 0.3) is 0 Å². The van der Waals surface area contributed by atoms with Crippen LogP contribution in [-0.2, 0) is 6.42 Å². The molecule has 0 aliphatic carbocycles. The van der Waals surface area contributed by atoms with Crippen molar-refractivity contribution in [1.29, 1.82) is 0 Å². The summed E-state index contributed by atoms with van der Waals surface area (Å²) in [6.45, 7) is 2.00. The first-order chi connectivity index (χ1) is 8.70. The highest BCUT2D eigenvalue weighted by Gasteiger charge is 2.11. The van der Waals surface area contributed by atoms with E-state index in [0.29, 0.717) is 11.0 Å². The van der Waals surface area contributed by atoms with E-state index >= 15 is 0 Å². The molecular weight excluding hydrogens is 228 g/mol. The Bertz CT molecular complexity index is 806. The minimum absolute atomic E-state index is 0.240. The lowest BCUT2D eigenvalue weighted by atomic mass is 10.1. The Morgan fingerprint density at radius 1 is 1.28 bits per heavy atom. The molecule has 0 saturated heterocycles. The Morgan fingerprint density at radius 2 is 2.06 bits per heavy atom. The lowest BCUT2D eigenvalue weighted by molar-refractivity contribution is 0.569. The van der Waals surface area contributed by atoms with Gasteiger partial charge in [-0.3, -0.25) is 0 Å². The fourth-order valence-corrected chi connectivity index (χ4v) is 2.16. The van der Waals surface area contributed by atoms with Crippen LogP contribution in [0, 0.1) is 0 Å². The lowest BCUT2D eigenvalue weighted by Gasteiger charge is -2.06. The number of nitrogens with zero attached hydrogens (tertiary/aromatic N) is 1. The summed E-state index contributed by atoms with van der Waals surface area (Å²) in [5, 5.41) is 2.06. The fraction of sp³-hybridized carbons (Fsp3) is 0.143. The highest BCUT2D eigenvalue weighted by molar-refractivity contribution is 6.07. The average molecular weight is 240 g/mol. The number of rotatable bonds is 1. The maximum atomic E-state index is 11.9. The molecule has 18 heavy (non-hydrogen) atoms. The van der Waals surface area contributed by atoms with Crippen LogP contribution >= 0.6 is 0 Å². The maximum Gasteiger partial charge on any atom is 0.347 e. The Labute approximate surface area is 103 Å². The third kappa shape index (κ3) is 1.46. The van der Waals surface area contributed by atoms with Crippen LogP contribution in [0.3, 0.4) is 0 Å². The van der Waals surface area contributed by atoms with Crippen molar-refractivity contribution in [2.24, 2.45) is 0 Å². The molecule has 0 atom stereocenters. The van der Waals surface area contributed by atoms with Gasteiger partial charge < -0.3 is 10.2 Å². The average Bonchev–Trinajstić information content (AvgIpc) is 2.38. The number of nitrogens with two attached hydrogens (primary N) is 1. The zero-order valence-corrected chi connectivity index (χ0v) is 9.93. The lowest BCUT2D eigenvalue weighted by Crippen LogP contribution is -2.06. The number of aryl methyl sites for hydroxylation is 1. The second-order valence-corrected chi connectivity index (χ2v) is 4.16. The summed E-state index contributed by atoms with van der Waals surface area (Å²) in [4.78, 5) is 16.1. The number of para-hydroxylation sites is 1. The number of hydrogen-bond donors (Lipinski definition) is 1. The molecule has 2 N–H and O–H groups in total. The maximum absolute atomic E-state index is 11.9. The van der Waals surface area contributed by atoms with Crippen molar-refractivity contribution in [2.75, 3.05) is 5.73 Å². The highest BCUT2D eigenvalue weighted by atomic mass is 16.4. The van der Waals surface area contributed by atoms with Crippen molar-refractivity contribution in [3.8, 4) is 0 Å². The van der Waals surface area contributed by atoms with Crippen LogP contribution in [0.1, 0.15) is 12.6 Å². The predicted octanol–water partition coefficient (Wildman–Crippen LogP) is 2.49. The van der Waals surface area contributed by atoms with Crippen molar-refractivity contribution >= 4 is 27.6 Å². The van der Waals surface area contributed by atoms with E-state index in [0.717, 1.165) is 22.9 Å². The van der Waals surface area contributed by atoms with Gasteiger partial charge >= 0.3 is 5.63 Å². The smallest absolute Gasteiger partial charge is 0.347 e. The molecule has 4 nitrogen and oxygen atoms in total. The molecule has 3 rings (SSSR count). The third-order valence-corrected chi connectivity index (χ3v) is 3.05. The van der Waals surface area contributed by atoms with Crippen LogP contribution in [0.4, 0.5) is 5.82 Å². The molecule has 1 aromatic carbocycles. The van der Waals surface area contributed by atoms with E-state index in [1.165, 1.54) is 0 Å². The highest BCUT2D eigenvalue weighted by Crippen LogP contribution is 2.25. The van der Waals surface area contributed by atoms with E-state index in [1.807, 2.05) is 31.2 Å². The van der Waals surface area contributed by atoms with Crippen molar-refractivity contribution in [3.05, 3.63) is 46.4 Å². The van der Waals surface area contributed by atoms with Crippen molar-refractivity contribution < 1.29 is 4.42 Å². The quantitative estimate of drug-likeness (QED) is 0.524. The molecule has 0 aliphatic rings. The largest absolute Gasteiger partial charge is 0.422 e. The van der Waals surface area contributed by atoms with Crippen LogP contribution in [-0.4, -0.2) is 4.98 Å². The van der Waals surface area contributed by atoms with Crippen molar-refractivity contribution in [3.63, 3.8) is 0 Å². The Balaban J connectivity index is 2.62. The van der Waals surface area contributed by atoms with E-state index in [9.17, 15) is 4.79 Å². The van der Waals surface area contributed by atoms with Gasteiger partial charge in [0.15, 0.2) is 0 Å². The van der Waals surface area contributed by atoms with Gasteiger partial charge in [-0.2, -0.15) is 0 Å². The van der Waals surface area contributed by atoms with E-state index in [4.69, 9.17) is 10.2 Å². The van der Waals surface area contributed by atoms with Crippen LogP contribution in [0.2, 0.25) is 0 Å². The molecule has 0 unspecified atom stereocenters. The van der Waals surface area contributed by atoms with Crippen LogP contribution in [0.25, 0.3) is 21.7 Å². The van der Waals surface area contributed by atoms with Gasteiger partial charge in [0.2, 0.25) is 0 Å².